The first kappa shape index (κ1) is 12.3. The summed E-state index contributed by atoms with van der Waals surface area (Å²) in [5.74, 6) is 0. The number of anilines is 1. The number of hydrogen-bond donors (Lipinski definition) is 3. The Morgan fingerprint density at radius 1 is 1.41 bits per heavy atom. The van der Waals surface area contributed by atoms with Crippen LogP contribution in [-0.2, 0) is 16.6 Å². The summed E-state index contributed by atoms with van der Waals surface area (Å²) < 4.78 is 28.2. The maximum atomic E-state index is 11.6. The molecule has 5 nitrogen and oxygen atoms in total. The van der Waals surface area contributed by atoms with Crippen molar-refractivity contribution in [3.63, 3.8) is 0 Å². The van der Waals surface area contributed by atoms with Crippen LogP contribution in [0, 0.1) is 0 Å². The molecule has 1 atom stereocenters. The second kappa shape index (κ2) is 5.03. The minimum Gasteiger partial charge on any atom is -0.383 e. The molecule has 0 spiro atoms. The molecule has 3 N–H and O–H groups in total. The molecule has 1 aliphatic rings. The van der Waals surface area contributed by atoms with E-state index in [4.69, 9.17) is 0 Å². The van der Waals surface area contributed by atoms with E-state index in [0.29, 0.717) is 19.5 Å². The van der Waals surface area contributed by atoms with Crippen molar-refractivity contribution >= 4 is 15.9 Å². The third-order valence-electron chi connectivity index (χ3n) is 2.68. The summed E-state index contributed by atoms with van der Waals surface area (Å²) >= 11 is 0. The molecule has 1 heterocycles. The lowest BCUT2D eigenvalue weighted by Crippen LogP contribution is -2.48. The molecule has 94 valence electrons. The van der Waals surface area contributed by atoms with E-state index < -0.39 is 10.2 Å². The van der Waals surface area contributed by atoms with E-state index in [-0.39, 0.29) is 6.04 Å². The van der Waals surface area contributed by atoms with Gasteiger partial charge in [-0.2, -0.15) is 13.1 Å². The first-order valence-corrected chi connectivity index (χ1v) is 7.18. The number of fused-ring (bicyclic) bond motifs is 1. The fraction of sp³-hybridized carbons (Fsp3) is 0.455. The monoisotopic (exact) mass is 255 g/mol. The summed E-state index contributed by atoms with van der Waals surface area (Å²) in [5, 5.41) is 3.22. The van der Waals surface area contributed by atoms with Gasteiger partial charge in [0.15, 0.2) is 0 Å². The molecule has 0 amide bonds. The third-order valence-corrected chi connectivity index (χ3v) is 3.99. The smallest absolute Gasteiger partial charge is 0.277 e. The van der Waals surface area contributed by atoms with Crippen LogP contribution in [0.5, 0.6) is 0 Å². The molecule has 1 aromatic carbocycles. The highest BCUT2D eigenvalue weighted by Crippen LogP contribution is 2.21. The zero-order chi connectivity index (χ0) is 12.3. The SMILES string of the molecule is CCNS(=O)(=O)NC1CNc2ccccc2C1. The molecule has 0 radical (unpaired) electrons. The Labute approximate surface area is 102 Å². The summed E-state index contributed by atoms with van der Waals surface area (Å²) in [6, 6.07) is 7.84. The molecule has 0 saturated heterocycles. The van der Waals surface area contributed by atoms with Crippen molar-refractivity contribution in [2.24, 2.45) is 0 Å². The Bertz CT molecular complexity index is 487. The van der Waals surface area contributed by atoms with Crippen LogP contribution in [0.15, 0.2) is 24.3 Å². The minimum absolute atomic E-state index is 0.103. The van der Waals surface area contributed by atoms with E-state index in [1.807, 2.05) is 24.3 Å². The van der Waals surface area contributed by atoms with Gasteiger partial charge in [0.25, 0.3) is 10.2 Å². The van der Waals surface area contributed by atoms with Gasteiger partial charge in [0.05, 0.1) is 0 Å². The molecule has 0 aromatic heterocycles. The van der Waals surface area contributed by atoms with Crippen LogP contribution in [0.3, 0.4) is 0 Å². The number of para-hydroxylation sites is 1. The van der Waals surface area contributed by atoms with Gasteiger partial charge in [0.1, 0.15) is 0 Å². The van der Waals surface area contributed by atoms with Crippen LogP contribution in [0.25, 0.3) is 0 Å². The first-order chi connectivity index (χ1) is 8.11. The normalized spacial score (nSPS) is 19.5. The van der Waals surface area contributed by atoms with Crippen LogP contribution in [0.2, 0.25) is 0 Å². The quantitative estimate of drug-likeness (QED) is 0.732. The highest BCUT2D eigenvalue weighted by Gasteiger charge is 2.21. The largest absolute Gasteiger partial charge is 0.383 e. The van der Waals surface area contributed by atoms with Gasteiger partial charge >= 0.3 is 0 Å². The molecule has 2 rings (SSSR count). The zero-order valence-corrected chi connectivity index (χ0v) is 10.5. The van der Waals surface area contributed by atoms with Crippen LogP contribution in [-0.4, -0.2) is 27.5 Å². The summed E-state index contributed by atoms with van der Waals surface area (Å²) in [6.07, 6.45) is 0.716. The number of nitrogens with one attached hydrogen (secondary N) is 3. The van der Waals surface area contributed by atoms with Crippen molar-refractivity contribution in [2.75, 3.05) is 18.4 Å². The average Bonchev–Trinajstić information content (AvgIpc) is 2.28. The molecular weight excluding hydrogens is 238 g/mol. The predicted molar refractivity (Wildman–Crippen MR) is 68.2 cm³/mol. The lowest BCUT2D eigenvalue weighted by atomic mass is 10.0. The molecule has 1 aliphatic heterocycles. The molecule has 1 unspecified atom stereocenters. The van der Waals surface area contributed by atoms with Gasteiger partial charge in [0, 0.05) is 24.8 Å². The Morgan fingerprint density at radius 2 is 2.18 bits per heavy atom. The summed E-state index contributed by atoms with van der Waals surface area (Å²) in [7, 11) is -3.37. The van der Waals surface area contributed by atoms with Crippen molar-refractivity contribution in [1.29, 1.82) is 0 Å². The molecule has 6 heteroatoms. The van der Waals surface area contributed by atoms with Crippen molar-refractivity contribution in [3.8, 4) is 0 Å². The number of rotatable bonds is 4. The van der Waals surface area contributed by atoms with Crippen molar-refractivity contribution < 1.29 is 8.42 Å². The number of benzene rings is 1. The summed E-state index contributed by atoms with van der Waals surface area (Å²) in [6.45, 7) is 2.77. The van der Waals surface area contributed by atoms with Gasteiger partial charge in [-0.25, -0.2) is 4.72 Å². The highest BCUT2D eigenvalue weighted by molar-refractivity contribution is 7.87. The maximum Gasteiger partial charge on any atom is 0.277 e. The van der Waals surface area contributed by atoms with Gasteiger partial charge < -0.3 is 5.32 Å². The van der Waals surface area contributed by atoms with Gasteiger partial charge in [0.2, 0.25) is 0 Å². The van der Waals surface area contributed by atoms with E-state index in [0.717, 1.165) is 11.3 Å². The molecule has 0 fully saturated rings. The minimum atomic E-state index is -3.37. The number of hydrogen-bond acceptors (Lipinski definition) is 3. The van der Waals surface area contributed by atoms with Gasteiger partial charge in [-0.1, -0.05) is 25.1 Å². The van der Waals surface area contributed by atoms with Crippen LogP contribution >= 0.6 is 0 Å². The maximum absolute atomic E-state index is 11.6. The van der Waals surface area contributed by atoms with E-state index in [2.05, 4.69) is 14.8 Å². The molecular formula is C11H17N3O2S. The van der Waals surface area contributed by atoms with E-state index >= 15 is 0 Å². The molecule has 17 heavy (non-hydrogen) atoms. The predicted octanol–water partition coefficient (Wildman–Crippen LogP) is 0.467. The van der Waals surface area contributed by atoms with Gasteiger partial charge in [-0.3, -0.25) is 0 Å². The Kier molecular flexibility index (Phi) is 3.66. The fourth-order valence-electron chi connectivity index (χ4n) is 1.98. The Balaban J connectivity index is 2.04. The summed E-state index contributed by atoms with van der Waals surface area (Å²) in [5.41, 5.74) is 2.23. The van der Waals surface area contributed by atoms with Crippen molar-refractivity contribution in [2.45, 2.75) is 19.4 Å². The van der Waals surface area contributed by atoms with Crippen LogP contribution in [0.1, 0.15) is 12.5 Å². The zero-order valence-electron chi connectivity index (χ0n) is 9.73. The van der Waals surface area contributed by atoms with E-state index in [1.165, 1.54) is 0 Å². The highest BCUT2D eigenvalue weighted by atomic mass is 32.2. The van der Waals surface area contributed by atoms with Gasteiger partial charge in [-0.15, -0.1) is 0 Å². The van der Waals surface area contributed by atoms with E-state index in [9.17, 15) is 8.42 Å². The van der Waals surface area contributed by atoms with E-state index in [1.54, 1.807) is 6.92 Å². The lowest BCUT2D eigenvalue weighted by molar-refractivity contribution is 0.538. The van der Waals surface area contributed by atoms with Crippen molar-refractivity contribution in [3.05, 3.63) is 29.8 Å². The van der Waals surface area contributed by atoms with Crippen molar-refractivity contribution in [1.82, 2.24) is 9.44 Å². The molecule has 0 aliphatic carbocycles. The van der Waals surface area contributed by atoms with Crippen LogP contribution < -0.4 is 14.8 Å². The standard InChI is InChI=1S/C11H17N3O2S/c1-2-13-17(15,16)14-10-7-9-5-3-4-6-11(9)12-8-10/h3-6,10,12-14H,2,7-8H2,1H3. The average molecular weight is 255 g/mol. The fourth-order valence-corrected chi connectivity index (χ4v) is 3.04. The lowest BCUT2D eigenvalue weighted by Gasteiger charge is -2.26. The second-order valence-electron chi connectivity index (χ2n) is 4.06. The molecule has 0 bridgehead atoms. The Hall–Kier alpha value is -1.11. The van der Waals surface area contributed by atoms with Crippen LogP contribution in [0.4, 0.5) is 5.69 Å². The second-order valence-corrected chi connectivity index (χ2v) is 5.59. The first-order valence-electron chi connectivity index (χ1n) is 5.69. The summed E-state index contributed by atoms with van der Waals surface area (Å²) in [4.78, 5) is 0. The third kappa shape index (κ3) is 3.18. The Morgan fingerprint density at radius 3 is 2.94 bits per heavy atom. The topological polar surface area (TPSA) is 70.2 Å². The molecule has 1 aromatic rings. The molecule has 0 saturated carbocycles. The van der Waals surface area contributed by atoms with Gasteiger partial charge in [-0.05, 0) is 18.1 Å².